The van der Waals surface area contributed by atoms with Gasteiger partial charge in [0.2, 0.25) is 5.91 Å². The molecule has 4 rings (SSSR count). The van der Waals surface area contributed by atoms with Crippen LogP contribution >= 0.6 is 0 Å². The van der Waals surface area contributed by atoms with Crippen molar-refractivity contribution in [2.24, 2.45) is 0 Å². The molecule has 2 heterocycles. The first kappa shape index (κ1) is 18.7. The molecule has 0 bridgehead atoms. The number of fused-ring (bicyclic) bond motifs is 1. The maximum Gasteiger partial charge on any atom is 0.227 e. The van der Waals surface area contributed by atoms with Gasteiger partial charge in [0.15, 0.2) is 0 Å². The molecular formula is C24H29N3O. The molecule has 146 valence electrons. The number of benzene rings is 2. The largest absolute Gasteiger partial charge is 0.328 e. The minimum atomic E-state index is 0.146. The van der Waals surface area contributed by atoms with Crippen LogP contribution < -0.4 is 4.90 Å². The molecule has 1 aliphatic rings. The third-order valence-corrected chi connectivity index (χ3v) is 5.82. The number of carbonyl (C=O) groups excluding carboxylic acids is 1. The SMILES string of the molecule is CCCCCn1c([C@@H]2CC(=O)N(c3ccc(CC)cc3)C2)nc2ccccc21. The van der Waals surface area contributed by atoms with E-state index >= 15 is 0 Å². The summed E-state index contributed by atoms with van der Waals surface area (Å²) in [4.78, 5) is 19.7. The monoisotopic (exact) mass is 375 g/mol. The first-order chi connectivity index (χ1) is 13.7. The third kappa shape index (κ3) is 3.56. The van der Waals surface area contributed by atoms with Gasteiger partial charge in [-0.3, -0.25) is 4.79 Å². The van der Waals surface area contributed by atoms with E-state index in [-0.39, 0.29) is 11.8 Å². The molecule has 0 N–H and O–H groups in total. The van der Waals surface area contributed by atoms with Crippen molar-refractivity contribution in [3.8, 4) is 0 Å². The predicted octanol–water partition coefficient (Wildman–Crippen LogP) is 5.31. The lowest BCUT2D eigenvalue weighted by Crippen LogP contribution is -2.24. The molecule has 1 amide bonds. The minimum absolute atomic E-state index is 0.146. The van der Waals surface area contributed by atoms with Crippen molar-refractivity contribution in [2.75, 3.05) is 11.4 Å². The Hall–Kier alpha value is -2.62. The number of anilines is 1. The summed E-state index contributed by atoms with van der Waals surface area (Å²) in [5.74, 6) is 1.41. The van der Waals surface area contributed by atoms with Crippen molar-refractivity contribution >= 4 is 22.6 Å². The number of imidazole rings is 1. The zero-order valence-electron chi connectivity index (χ0n) is 16.9. The van der Waals surface area contributed by atoms with Gasteiger partial charge in [0.1, 0.15) is 5.82 Å². The quantitative estimate of drug-likeness (QED) is 0.525. The van der Waals surface area contributed by atoms with E-state index in [1.165, 1.54) is 23.9 Å². The summed E-state index contributed by atoms with van der Waals surface area (Å²) in [5.41, 5.74) is 4.52. The number of rotatable bonds is 7. The van der Waals surface area contributed by atoms with Crippen LogP contribution in [-0.4, -0.2) is 22.0 Å². The van der Waals surface area contributed by atoms with Gasteiger partial charge in [0.25, 0.3) is 0 Å². The Balaban J connectivity index is 1.62. The number of unbranched alkanes of at least 4 members (excludes halogenated alkanes) is 2. The summed E-state index contributed by atoms with van der Waals surface area (Å²) < 4.78 is 2.35. The fourth-order valence-corrected chi connectivity index (χ4v) is 4.20. The van der Waals surface area contributed by atoms with Gasteiger partial charge in [-0.2, -0.15) is 0 Å². The second kappa shape index (κ2) is 8.17. The highest BCUT2D eigenvalue weighted by molar-refractivity contribution is 5.96. The van der Waals surface area contributed by atoms with E-state index in [1.54, 1.807) is 0 Å². The van der Waals surface area contributed by atoms with Crippen LogP contribution in [0.1, 0.15) is 56.8 Å². The number of hydrogen-bond donors (Lipinski definition) is 0. The van der Waals surface area contributed by atoms with Crippen molar-refractivity contribution in [3.05, 3.63) is 59.9 Å². The molecule has 0 saturated carbocycles. The molecule has 1 atom stereocenters. The molecule has 1 fully saturated rings. The zero-order chi connectivity index (χ0) is 19.5. The van der Waals surface area contributed by atoms with Gasteiger partial charge >= 0.3 is 0 Å². The second-order valence-electron chi connectivity index (χ2n) is 7.74. The summed E-state index contributed by atoms with van der Waals surface area (Å²) in [7, 11) is 0. The zero-order valence-corrected chi connectivity index (χ0v) is 16.9. The number of aromatic nitrogens is 2. The predicted molar refractivity (Wildman–Crippen MR) is 115 cm³/mol. The molecule has 0 unspecified atom stereocenters. The number of nitrogens with zero attached hydrogens (tertiary/aromatic N) is 3. The first-order valence-corrected chi connectivity index (χ1v) is 10.6. The fraction of sp³-hybridized carbons (Fsp3) is 0.417. The topological polar surface area (TPSA) is 38.1 Å². The molecule has 2 aromatic carbocycles. The Morgan fingerprint density at radius 2 is 1.82 bits per heavy atom. The Morgan fingerprint density at radius 3 is 2.57 bits per heavy atom. The summed E-state index contributed by atoms with van der Waals surface area (Å²) in [5, 5.41) is 0. The van der Waals surface area contributed by atoms with Crippen molar-refractivity contribution in [3.63, 3.8) is 0 Å². The second-order valence-corrected chi connectivity index (χ2v) is 7.74. The van der Waals surface area contributed by atoms with Gasteiger partial charge in [-0.25, -0.2) is 4.98 Å². The summed E-state index contributed by atoms with van der Waals surface area (Å²) in [6, 6.07) is 16.7. The highest BCUT2D eigenvalue weighted by atomic mass is 16.2. The number of hydrogen-bond acceptors (Lipinski definition) is 2. The Labute approximate surface area is 167 Å². The molecule has 0 radical (unpaired) electrons. The van der Waals surface area contributed by atoms with E-state index < -0.39 is 0 Å². The van der Waals surface area contributed by atoms with E-state index in [0.717, 1.165) is 36.4 Å². The van der Waals surface area contributed by atoms with E-state index in [0.29, 0.717) is 13.0 Å². The standard InChI is InChI=1S/C24H29N3O/c1-3-5-8-15-26-22-10-7-6-9-21(22)25-24(26)19-16-23(28)27(17-19)20-13-11-18(4-2)12-14-20/h6-7,9-14,19H,3-5,8,15-17H2,1-2H3/t19-/m1/s1. The molecule has 4 heteroatoms. The normalized spacial score (nSPS) is 17.0. The van der Waals surface area contributed by atoms with E-state index in [1.807, 2.05) is 11.0 Å². The summed E-state index contributed by atoms with van der Waals surface area (Å²) in [6.45, 7) is 6.06. The fourth-order valence-electron chi connectivity index (χ4n) is 4.20. The average molecular weight is 376 g/mol. The van der Waals surface area contributed by atoms with Crippen molar-refractivity contribution in [2.45, 2.75) is 58.4 Å². The van der Waals surface area contributed by atoms with Gasteiger partial charge < -0.3 is 9.47 Å². The Morgan fingerprint density at radius 1 is 1.04 bits per heavy atom. The number of carbonyl (C=O) groups is 1. The van der Waals surface area contributed by atoms with Gasteiger partial charge in [-0.15, -0.1) is 0 Å². The van der Waals surface area contributed by atoms with Crippen LogP contribution in [0.25, 0.3) is 11.0 Å². The molecular weight excluding hydrogens is 346 g/mol. The van der Waals surface area contributed by atoms with Gasteiger partial charge in [0.05, 0.1) is 11.0 Å². The lowest BCUT2D eigenvalue weighted by molar-refractivity contribution is -0.117. The van der Waals surface area contributed by atoms with E-state index in [9.17, 15) is 4.79 Å². The van der Waals surface area contributed by atoms with Crippen LogP contribution in [0.4, 0.5) is 5.69 Å². The third-order valence-electron chi connectivity index (χ3n) is 5.82. The molecule has 4 nitrogen and oxygen atoms in total. The van der Waals surface area contributed by atoms with Gasteiger partial charge in [0, 0.05) is 31.1 Å². The van der Waals surface area contributed by atoms with Crippen LogP contribution in [0, 0.1) is 0 Å². The first-order valence-electron chi connectivity index (χ1n) is 10.6. The molecule has 28 heavy (non-hydrogen) atoms. The van der Waals surface area contributed by atoms with Crippen LogP contribution in [0.2, 0.25) is 0 Å². The number of amides is 1. The molecule has 0 spiro atoms. The smallest absolute Gasteiger partial charge is 0.227 e. The molecule has 0 aliphatic carbocycles. The van der Waals surface area contributed by atoms with Crippen LogP contribution in [0.5, 0.6) is 0 Å². The Kier molecular flexibility index (Phi) is 5.47. The van der Waals surface area contributed by atoms with Crippen LogP contribution in [-0.2, 0) is 17.8 Å². The summed E-state index contributed by atoms with van der Waals surface area (Å²) in [6.07, 6.45) is 5.11. The summed E-state index contributed by atoms with van der Waals surface area (Å²) >= 11 is 0. The highest BCUT2D eigenvalue weighted by Gasteiger charge is 2.34. The average Bonchev–Trinajstić information content (AvgIpc) is 3.29. The van der Waals surface area contributed by atoms with Gasteiger partial charge in [-0.1, -0.05) is 51.0 Å². The molecule has 1 aliphatic heterocycles. The number of aryl methyl sites for hydroxylation is 2. The van der Waals surface area contributed by atoms with Crippen molar-refractivity contribution < 1.29 is 4.79 Å². The van der Waals surface area contributed by atoms with Crippen molar-refractivity contribution in [1.82, 2.24) is 9.55 Å². The lowest BCUT2D eigenvalue weighted by atomic mass is 10.1. The molecule has 1 aromatic heterocycles. The molecule has 1 saturated heterocycles. The maximum atomic E-state index is 12.8. The molecule has 3 aromatic rings. The lowest BCUT2D eigenvalue weighted by Gasteiger charge is -2.18. The van der Waals surface area contributed by atoms with Crippen LogP contribution in [0.3, 0.4) is 0 Å². The van der Waals surface area contributed by atoms with E-state index in [4.69, 9.17) is 4.98 Å². The van der Waals surface area contributed by atoms with Gasteiger partial charge in [-0.05, 0) is 42.7 Å². The maximum absolute atomic E-state index is 12.8. The highest BCUT2D eigenvalue weighted by Crippen LogP contribution is 2.33. The van der Waals surface area contributed by atoms with E-state index in [2.05, 4.69) is 60.9 Å². The number of para-hydroxylation sites is 2. The van der Waals surface area contributed by atoms with Crippen molar-refractivity contribution in [1.29, 1.82) is 0 Å². The Bertz CT molecular complexity index is 958. The minimum Gasteiger partial charge on any atom is -0.328 e. The van der Waals surface area contributed by atoms with Crippen LogP contribution in [0.15, 0.2) is 48.5 Å².